The number of hydrogen-bond acceptors (Lipinski definition) is 2. The van der Waals surface area contributed by atoms with Crippen LogP contribution in [0.2, 0.25) is 0 Å². The lowest BCUT2D eigenvalue weighted by molar-refractivity contribution is -0.206. The van der Waals surface area contributed by atoms with Crippen LogP contribution in [-0.4, -0.2) is 24.3 Å². The molecule has 12 heavy (non-hydrogen) atoms. The molecule has 2 aliphatic rings. The molecule has 2 rings (SSSR count). The third-order valence-electron chi connectivity index (χ3n) is 2.91. The first-order valence-corrected chi connectivity index (χ1v) is 5.83. The van der Waals surface area contributed by atoms with E-state index in [1.165, 1.54) is 19.3 Å². The van der Waals surface area contributed by atoms with Crippen LogP contribution in [0.1, 0.15) is 25.7 Å². The van der Waals surface area contributed by atoms with Crippen molar-refractivity contribution >= 4 is 15.9 Å². The Kier molecular flexibility index (Phi) is 2.72. The number of alkyl halides is 1. The number of rotatable bonds is 1. The first kappa shape index (κ1) is 8.97. The van der Waals surface area contributed by atoms with Crippen molar-refractivity contribution in [2.75, 3.05) is 18.5 Å². The van der Waals surface area contributed by atoms with Crippen LogP contribution in [0.3, 0.4) is 0 Å². The van der Waals surface area contributed by atoms with Crippen molar-refractivity contribution in [2.24, 2.45) is 5.92 Å². The van der Waals surface area contributed by atoms with Crippen LogP contribution in [0, 0.1) is 5.92 Å². The first-order chi connectivity index (χ1) is 5.87. The fraction of sp³-hybridized carbons (Fsp3) is 1.00. The molecule has 1 aliphatic heterocycles. The molecule has 3 heteroatoms. The highest BCUT2D eigenvalue weighted by Gasteiger charge is 2.44. The topological polar surface area (TPSA) is 18.5 Å². The Bertz CT molecular complexity index is 155. The third kappa shape index (κ3) is 1.42. The Balaban J connectivity index is 2.07. The molecule has 0 aromatic rings. The van der Waals surface area contributed by atoms with Gasteiger partial charge in [-0.2, -0.15) is 0 Å². The highest BCUT2D eigenvalue weighted by atomic mass is 79.9. The first-order valence-electron chi connectivity index (χ1n) is 4.71. The van der Waals surface area contributed by atoms with E-state index in [-0.39, 0.29) is 5.79 Å². The zero-order chi connectivity index (χ0) is 8.44. The largest absolute Gasteiger partial charge is 0.347 e. The van der Waals surface area contributed by atoms with Gasteiger partial charge in [-0.05, 0) is 12.8 Å². The molecule has 1 spiro atoms. The van der Waals surface area contributed by atoms with Crippen LogP contribution in [0.25, 0.3) is 0 Å². The molecule has 1 saturated carbocycles. The van der Waals surface area contributed by atoms with Crippen molar-refractivity contribution in [3.8, 4) is 0 Å². The second-order valence-corrected chi connectivity index (χ2v) is 4.25. The molecule has 0 N–H and O–H groups in total. The van der Waals surface area contributed by atoms with Gasteiger partial charge in [0.1, 0.15) is 0 Å². The molecule has 0 radical (unpaired) electrons. The zero-order valence-electron chi connectivity index (χ0n) is 7.22. The van der Waals surface area contributed by atoms with E-state index in [1.54, 1.807) is 0 Å². The normalized spacial score (nSPS) is 34.2. The summed E-state index contributed by atoms with van der Waals surface area (Å²) >= 11 is 3.54. The minimum absolute atomic E-state index is 0.207. The smallest absolute Gasteiger partial charge is 0.172 e. The highest BCUT2D eigenvalue weighted by Crippen LogP contribution is 2.41. The average molecular weight is 235 g/mol. The molecule has 1 heterocycles. The van der Waals surface area contributed by atoms with Crippen molar-refractivity contribution in [3.63, 3.8) is 0 Å². The summed E-state index contributed by atoms with van der Waals surface area (Å²) in [6, 6.07) is 0. The summed E-state index contributed by atoms with van der Waals surface area (Å²) in [6.07, 6.45) is 4.91. The Morgan fingerprint density at radius 3 is 2.67 bits per heavy atom. The third-order valence-corrected chi connectivity index (χ3v) is 3.69. The second-order valence-electron chi connectivity index (χ2n) is 3.61. The highest BCUT2D eigenvalue weighted by molar-refractivity contribution is 9.09. The van der Waals surface area contributed by atoms with Crippen molar-refractivity contribution in [1.29, 1.82) is 0 Å². The van der Waals surface area contributed by atoms with E-state index in [0.29, 0.717) is 5.92 Å². The Morgan fingerprint density at radius 1 is 1.25 bits per heavy atom. The van der Waals surface area contributed by atoms with Gasteiger partial charge in [-0.1, -0.05) is 22.4 Å². The molecule has 2 nitrogen and oxygen atoms in total. The van der Waals surface area contributed by atoms with E-state index in [2.05, 4.69) is 15.9 Å². The Morgan fingerprint density at radius 2 is 2.00 bits per heavy atom. The Hall–Kier alpha value is 0.400. The zero-order valence-corrected chi connectivity index (χ0v) is 8.81. The molecule has 0 aromatic carbocycles. The lowest BCUT2D eigenvalue weighted by Gasteiger charge is -2.38. The maximum absolute atomic E-state index is 5.73. The van der Waals surface area contributed by atoms with Crippen molar-refractivity contribution < 1.29 is 9.47 Å². The van der Waals surface area contributed by atoms with Crippen molar-refractivity contribution in [1.82, 2.24) is 0 Å². The van der Waals surface area contributed by atoms with E-state index in [1.807, 2.05) is 0 Å². The van der Waals surface area contributed by atoms with Crippen LogP contribution >= 0.6 is 15.9 Å². The van der Waals surface area contributed by atoms with Crippen molar-refractivity contribution in [3.05, 3.63) is 0 Å². The molecule has 1 unspecified atom stereocenters. The molecule has 0 bridgehead atoms. The summed E-state index contributed by atoms with van der Waals surface area (Å²) in [5.74, 6) is 0.357. The van der Waals surface area contributed by atoms with E-state index in [0.717, 1.165) is 25.0 Å². The van der Waals surface area contributed by atoms with Crippen LogP contribution in [0.5, 0.6) is 0 Å². The molecule has 0 aromatic heterocycles. The molecule has 2 fully saturated rings. The summed E-state index contributed by atoms with van der Waals surface area (Å²) in [5, 5.41) is 1.01. The predicted molar refractivity (Wildman–Crippen MR) is 50.4 cm³/mol. The van der Waals surface area contributed by atoms with E-state index in [9.17, 15) is 0 Å². The molecule has 0 amide bonds. The van der Waals surface area contributed by atoms with Crippen LogP contribution in [0.15, 0.2) is 0 Å². The van der Waals surface area contributed by atoms with E-state index >= 15 is 0 Å². The van der Waals surface area contributed by atoms with Gasteiger partial charge >= 0.3 is 0 Å². The van der Waals surface area contributed by atoms with E-state index in [4.69, 9.17) is 9.47 Å². The van der Waals surface area contributed by atoms with Gasteiger partial charge in [0.25, 0.3) is 0 Å². The Labute approximate surface area is 81.7 Å². The fourth-order valence-electron chi connectivity index (χ4n) is 2.23. The van der Waals surface area contributed by atoms with Gasteiger partial charge in [0, 0.05) is 17.7 Å². The van der Waals surface area contributed by atoms with Crippen LogP contribution < -0.4 is 0 Å². The SMILES string of the molecule is BrCC1CCCCC12OCCO2. The maximum atomic E-state index is 5.73. The standard InChI is InChI=1S/C9H15BrO2/c10-7-8-3-1-2-4-9(8)11-5-6-12-9/h8H,1-7H2. The molecule has 1 aliphatic carbocycles. The fourth-order valence-corrected chi connectivity index (χ4v) is 3.05. The van der Waals surface area contributed by atoms with Gasteiger partial charge in [-0.15, -0.1) is 0 Å². The lowest BCUT2D eigenvalue weighted by Crippen LogP contribution is -2.42. The molecule has 1 saturated heterocycles. The van der Waals surface area contributed by atoms with Crippen molar-refractivity contribution in [2.45, 2.75) is 31.5 Å². The monoisotopic (exact) mass is 234 g/mol. The average Bonchev–Trinajstić information content (AvgIpc) is 2.55. The molecular weight excluding hydrogens is 220 g/mol. The van der Waals surface area contributed by atoms with Gasteiger partial charge in [0.2, 0.25) is 0 Å². The van der Waals surface area contributed by atoms with Crippen LogP contribution in [0.4, 0.5) is 0 Å². The minimum Gasteiger partial charge on any atom is -0.347 e. The summed E-state index contributed by atoms with van der Waals surface area (Å²) in [4.78, 5) is 0. The lowest BCUT2D eigenvalue weighted by atomic mass is 9.84. The number of ether oxygens (including phenoxy) is 2. The quantitative estimate of drug-likeness (QED) is 0.649. The van der Waals surface area contributed by atoms with Gasteiger partial charge in [0.05, 0.1) is 13.2 Å². The van der Waals surface area contributed by atoms with Gasteiger partial charge in [-0.3, -0.25) is 0 Å². The second kappa shape index (κ2) is 3.64. The summed E-state index contributed by atoms with van der Waals surface area (Å²) in [5.41, 5.74) is 0. The van der Waals surface area contributed by atoms with Gasteiger partial charge < -0.3 is 9.47 Å². The number of hydrogen-bond donors (Lipinski definition) is 0. The van der Waals surface area contributed by atoms with E-state index < -0.39 is 0 Å². The molecule has 70 valence electrons. The number of halogens is 1. The summed E-state index contributed by atoms with van der Waals surface area (Å²) in [7, 11) is 0. The summed E-state index contributed by atoms with van der Waals surface area (Å²) < 4.78 is 11.5. The van der Waals surface area contributed by atoms with Crippen LogP contribution in [-0.2, 0) is 9.47 Å². The van der Waals surface area contributed by atoms with Gasteiger partial charge in [0.15, 0.2) is 5.79 Å². The summed E-state index contributed by atoms with van der Waals surface area (Å²) in [6.45, 7) is 1.56. The minimum atomic E-state index is -0.207. The van der Waals surface area contributed by atoms with Gasteiger partial charge in [-0.25, -0.2) is 0 Å². The molecule has 1 atom stereocenters. The molecular formula is C9H15BrO2. The predicted octanol–water partition coefficient (Wildman–Crippen LogP) is 2.31. The maximum Gasteiger partial charge on any atom is 0.172 e.